The molecule has 0 saturated heterocycles. The van der Waals surface area contributed by atoms with Crippen LogP contribution in [0.25, 0.3) is 0 Å². The van der Waals surface area contributed by atoms with E-state index < -0.39 is 48.3 Å². The van der Waals surface area contributed by atoms with Crippen LogP contribution in [0, 0.1) is 0 Å². The highest BCUT2D eigenvalue weighted by Gasteiger charge is 2.29. The summed E-state index contributed by atoms with van der Waals surface area (Å²) in [5.74, 6) is -3.45. The first-order chi connectivity index (χ1) is 12.2. The van der Waals surface area contributed by atoms with Crippen LogP contribution < -0.4 is 22.1 Å². The Balaban J connectivity index is 4.91. The zero-order valence-corrected chi connectivity index (χ0v) is 15.6. The molecule has 0 rings (SSSR count). The molecule has 0 aliphatic rings. The maximum atomic E-state index is 12.3. The summed E-state index contributed by atoms with van der Waals surface area (Å²) in [7, 11) is 0. The number of unbranched alkanes of at least 4 members (excludes halogenated alkanes) is 1. The molecule has 26 heavy (non-hydrogen) atoms. The van der Waals surface area contributed by atoms with Gasteiger partial charge in [-0.2, -0.15) is 11.8 Å². The van der Waals surface area contributed by atoms with Crippen LogP contribution in [0.1, 0.15) is 32.1 Å². The molecule has 0 aromatic heterocycles. The van der Waals surface area contributed by atoms with Gasteiger partial charge < -0.3 is 32.3 Å². The molecule has 11 heteroatoms. The van der Waals surface area contributed by atoms with Crippen LogP contribution in [0.15, 0.2) is 0 Å². The van der Waals surface area contributed by atoms with E-state index in [1.807, 2.05) is 6.26 Å². The number of carboxylic acids is 2. The summed E-state index contributed by atoms with van der Waals surface area (Å²) >= 11 is 1.50. The third kappa shape index (κ3) is 10.2. The highest BCUT2D eigenvalue weighted by Crippen LogP contribution is 2.04. The van der Waals surface area contributed by atoms with E-state index in [-0.39, 0.29) is 6.42 Å². The van der Waals surface area contributed by atoms with Gasteiger partial charge in [0.2, 0.25) is 11.8 Å². The van der Waals surface area contributed by atoms with E-state index in [9.17, 15) is 24.3 Å². The van der Waals surface area contributed by atoms with Crippen molar-refractivity contribution in [3.05, 3.63) is 0 Å². The Kier molecular flexibility index (Phi) is 12.4. The Hall–Kier alpha value is -1.85. The molecule has 10 nitrogen and oxygen atoms in total. The van der Waals surface area contributed by atoms with E-state index in [1.54, 1.807) is 0 Å². The fraction of sp³-hybridized carbons (Fsp3) is 0.733. The fourth-order valence-electron chi connectivity index (χ4n) is 2.06. The van der Waals surface area contributed by atoms with Crippen LogP contribution in [0.3, 0.4) is 0 Å². The summed E-state index contributed by atoms with van der Waals surface area (Å²) in [5.41, 5.74) is 11.1. The number of hydrogen-bond donors (Lipinski definition) is 6. The average molecular weight is 392 g/mol. The second-order valence-electron chi connectivity index (χ2n) is 5.73. The van der Waals surface area contributed by atoms with Gasteiger partial charge in [-0.25, -0.2) is 4.79 Å². The SMILES string of the molecule is CSCC[C@H](N)C(=O)N[C@@H](CC(=O)O)C(=O)N[C@@H](CCCCN)C(=O)O. The molecule has 0 aromatic carbocycles. The highest BCUT2D eigenvalue weighted by atomic mass is 32.2. The van der Waals surface area contributed by atoms with Crippen molar-refractivity contribution in [2.75, 3.05) is 18.6 Å². The summed E-state index contributed by atoms with van der Waals surface area (Å²) in [4.78, 5) is 46.5. The topological polar surface area (TPSA) is 185 Å². The molecule has 0 spiro atoms. The number of rotatable bonds is 14. The van der Waals surface area contributed by atoms with Gasteiger partial charge in [0.05, 0.1) is 12.5 Å². The Bertz CT molecular complexity index is 491. The van der Waals surface area contributed by atoms with Crippen LogP contribution in [0.4, 0.5) is 0 Å². The molecular formula is C15H28N4O6S. The van der Waals surface area contributed by atoms with Crippen molar-refractivity contribution in [2.45, 2.75) is 50.2 Å². The van der Waals surface area contributed by atoms with Gasteiger partial charge in [0.25, 0.3) is 0 Å². The van der Waals surface area contributed by atoms with Crippen LogP contribution in [0.5, 0.6) is 0 Å². The van der Waals surface area contributed by atoms with Gasteiger partial charge in [0, 0.05) is 0 Å². The lowest BCUT2D eigenvalue weighted by atomic mass is 10.1. The molecule has 2 amide bonds. The second-order valence-corrected chi connectivity index (χ2v) is 6.72. The molecule has 0 bridgehead atoms. The van der Waals surface area contributed by atoms with E-state index in [0.717, 1.165) is 0 Å². The summed E-state index contributed by atoms with van der Waals surface area (Å²) < 4.78 is 0. The number of nitrogens with two attached hydrogens (primary N) is 2. The minimum atomic E-state index is -1.41. The maximum Gasteiger partial charge on any atom is 0.326 e. The first-order valence-electron chi connectivity index (χ1n) is 8.22. The van der Waals surface area contributed by atoms with Gasteiger partial charge in [0.1, 0.15) is 12.1 Å². The van der Waals surface area contributed by atoms with Gasteiger partial charge in [0.15, 0.2) is 0 Å². The lowest BCUT2D eigenvalue weighted by Gasteiger charge is -2.22. The summed E-state index contributed by atoms with van der Waals surface area (Å²) in [5, 5.41) is 22.7. The first kappa shape index (κ1) is 24.1. The quantitative estimate of drug-likeness (QED) is 0.196. The minimum absolute atomic E-state index is 0.152. The van der Waals surface area contributed by atoms with Crippen LogP contribution >= 0.6 is 11.8 Å². The lowest BCUT2D eigenvalue weighted by Crippen LogP contribution is -2.55. The van der Waals surface area contributed by atoms with Crippen molar-refractivity contribution < 1.29 is 29.4 Å². The van der Waals surface area contributed by atoms with Crippen molar-refractivity contribution in [3.63, 3.8) is 0 Å². The molecule has 0 unspecified atom stereocenters. The Morgan fingerprint density at radius 1 is 1.00 bits per heavy atom. The molecule has 0 heterocycles. The number of amides is 2. The van der Waals surface area contributed by atoms with Gasteiger partial charge in [-0.15, -0.1) is 0 Å². The fourth-order valence-corrected chi connectivity index (χ4v) is 2.55. The van der Waals surface area contributed by atoms with E-state index >= 15 is 0 Å². The average Bonchev–Trinajstić information content (AvgIpc) is 2.57. The van der Waals surface area contributed by atoms with Crippen LogP contribution in [0.2, 0.25) is 0 Å². The Labute approximate surface area is 156 Å². The van der Waals surface area contributed by atoms with Crippen molar-refractivity contribution in [1.29, 1.82) is 0 Å². The van der Waals surface area contributed by atoms with Gasteiger partial charge in [-0.05, 0) is 44.2 Å². The third-order valence-corrected chi connectivity index (χ3v) is 4.19. The molecule has 150 valence electrons. The lowest BCUT2D eigenvalue weighted by molar-refractivity contribution is -0.143. The molecule has 8 N–H and O–H groups in total. The van der Waals surface area contributed by atoms with Gasteiger partial charge in [-0.3, -0.25) is 14.4 Å². The molecule has 0 aliphatic carbocycles. The zero-order chi connectivity index (χ0) is 20.1. The monoisotopic (exact) mass is 392 g/mol. The first-order valence-corrected chi connectivity index (χ1v) is 9.62. The number of nitrogens with one attached hydrogen (secondary N) is 2. The minimum Gasteiger partial charge on any atom is -0.481 e. The number of carboxylic acid groups (broad SMARTS) is 2. The molecule has 0 aromatic rings. The highest BCUT2D eigenvalue weighted by molar-refractivity contribution is 7.98. The summed E-state index contributed by atoms with van der Waals surface area (Å²) in [6, 6.07) is -3.48. The number of carbonyl (C=O) groups is 4. The molecule has 0 radical (unpaired) electrons. The number of aliphatic carboxylic acids is 2. The Morgan fingerprint density at radius 3 is 2.12 bits per heavy atom. The van der Waals surface area contributed by atoms with Crippen molar-refractivity contribution in [3.8, 4) is 0 Å². The largest absolute Gasteiger partial charge is 0.481 e. The molecule has 0 aliphatic heterocycles. The zero-order valence-electron chi connectivity index (χ0n) is 14.8. The molecule has 3 atom stereocenters. The predicted molar refractivity (Wildman–Crippen MR) is 97.6 cm³/mol. The van der Waals surface area contributed by atoms with Crippen molar-refractivity contribution in [1.82, 2.24) is 10.6 Å². The van der Waals surface area contributed by atoms with E-state index in [1.165, 1.54) is 11.8 Å². The summed E-state index contributed by atoms with van der Waals surface area (Å²) in [6.07, 6.45) is 2.77. The van der Waals surface area contributed by atoms with Gasteiger partial charge >= 0.3 is 11.9 Å². The smallest absolute Gasteiger partial charge is 0.326 e. The maximum absolute atomic E-state index is 12.3. The Morgan fingerprint density at radius 2 is 1.62 bits per heavy atom. The predicted octanol–water partition coefficient (Wildman–Crippen LogP) is -1.28. The molecular weight excluding hydrogens is 364 g/mol. The van der Waals surface area contributed by atoms with E-state index in [0.29, 0.717) is 31.6 Å². The second kappa shape index (κ2) is 13.4. The normalized spacial score (nSPS) is 14.1. The standard InChI is InChI=1S/C15H28N4O6S/c1-26-7-5-9(17)13(22)19-11(8-12(20)21)14(23)18-10(15(24)25)4-2-3-6-16/h9-11H,2-8,16-17H2,1H3,(H,18,23)(H,19,22)(H,20,21)(H,24,25)/t9-,10-,11-/m0/s1. The number of thioether (sulfide) groups is 1. The van der Waals surface area contributed by atoms with E-state index in [4.69, 9.17) is 16.6 Å². The third-order valence-electron chi connectivity index (χ3n) is 3.54. The number of carbonyl (C=O) groups excluding carboxylic acids is 2. The number of hydrogen-bond acceptors (Lipinski definition) is 7. The van der Waals surface area contributed by atoms with E-state index in [2.05, 4.69) is 10.6 Å². The van der Waals surface area contributed by atoms with Crippen molar-refractivity contribution in [2.24, 2.45) is 11.5 Å². The van der Waals surface area contributed by atoms with Crippen LogP contribution in [-0.2, 0) is 19.2 Å². The van der Waals surface area contributed by atoms with Crippen LogP contribution in [-0.4, -0.2) is 70.6 Å². The van der Waals surface area contributed by atoms with Crippen molar-refractivity contribution >= 4 is 35.5 Å². The van der Waals surface area contributed by atoms with Gasteiger partial charge in [-0.1, -0.05) is 0 Å². The molecule has 0 fully saturated rings. The molecule has 0 saturated carbocycles. The summed E-state index contributed by atoms with van der Waals surface area (Å²) in [6.45, 7) is 0.395.